The number of likely N-dealkylation sites (N-methyl/N-ethyl adjacent to an activating group) is 1. The summed E-state index contributed by atoms with van der Waals surface area (Å²) in [7, 11) is 3.86. The van der Waals surface area contributed by atoms with E-state index in [1.807, 2.05) is 19.0 Å². The van der Waals surface area contributed by atoms with Crippen LogP contribution in [0.25, 0.3) is 0 Å². The highest BCUT2D eigenvalue weighted by atomic mass is 16.2. The summed E-state index contributed by atoms with van der Waals surface area (Å²) in [4.78, 5) is 24.4. The Hall–Kier alpha value is -1.14. The average Bonchev–Trinajstić information content (AvgIpc) is 2.25. The lowest BCUT2D eigenvalue weighted by molar-refractivity contribution is -0.133. The van der Waals surface area contributed by atoms with E-state index in [9.17, 15) is 9.59 Å². The van der Waals surface area contributed by atoms with E-state index in [1.54, 1.807) is 13.8 Å². The van der Waals surface area contributed by atoms with Crippen LogP contribution in [0.15, 0.2) is 0 Å². The van der Waals surface area contributed by atoms with Crippen molar-refractivity contribution < 1.29 is 9.59 Å². The maximum absolute atomic E-state index is 11.2. The van der Waals surface area contributed by atoms with Crippen LogP contribution < -0.4 is 10.9 Å². The van der Waals surface area contributed by atoms with Gasteiger partial charge in [0.05, 0.1) is 6.54 Å². The minimum Gasteiger partial charge on any atom is -0.308 e. The van der Waals surface area contributed by atoms with Gasteiger partial charge in [-0.3, -0.25) is 20.4 Å². The van der Waals surface area contributed by atoms with Gasteiger partial charge in [0.2, 0.25) is 11.8 Å². The molecule has 0 saturated carbocycles. The van der Waals surface area contributed by atoms with Crippen LogP contribution in [0.4, 0.5) is 0 Å². The molecule has 0 aromatic heterocycles. The van der Waals surface area contributed by atoms with Crippen molar-refractivity contribution in [1.29, 1.82) is 0 Å². The molecule has 0 aliphatic heterocycles. The number of amides is 2. The third kappa shape index (κ3) is 7.19. The van der Waals surface area contributed by atoms with E-state index in [0.717, 1.165) is 6.54 Å². The number of rotatable bonds is 7. The summed E-state index contributed by atoms with van der Waals surface area (Å²) in [5.41, 5.74) is 5.25. The molecule has 0 bridgehead atoms. The normalized spacial score (nSPS) is 10.6. The Morgan fingerprint density at radius 1 is 0.938 bits per heavy atom. The lowest BCUT2D eigenvalue weighted by Crippen LogP contribution is -2.54. The van der Waals surface area contributed by atoms with Gasteiger partial charge in [-0.05, 0) is 14.1 Å². The van der Waals surface area contributed by atoms with E-state index in [-0.39, 0.29) is 11.8 Å². The Balaban J connectivity index is 4.15. The van der Waals surface area contributed by atoms with Gasteiger partial charge in [-0.2, -0.15) is 0 Å². The predicted octanol–water partition coefficient (Wildman–Crippen LogP) is -0.268. The van der Waals surface area contributed by atoms with Crippen molar-refractivity contribution in [1.82, 2.24) is 20.9 Å². The molecule has 0 heterocycles. The zero-order valence-electron chi connectivity index (χ0n) is 10.5. The highest BCUT2D eigenvalue weighted by molar-refractivity contribution is 5.77. The smallest absolute Gasteiger partial charge is 0.235 e. The number of hydrazine groups is 2. The van der Waals surface area contributed by atoms with E-state index >= 15 is 0 Å². The molecule has 0 saturated heterocycles. The Kier molecular flexibility index (Phi) is 7.49. The standard InChI is InChI=1S/C10H22N4O2/c1-5-9(15)11-14(8-7-13(3)4)12-10(16)6-2/h5-8H2,1-4H3,(H,11,15)(H,12,16). The SMILES string of the molecule is CCC(=O)NN(CCN(C)C)NC(=O)CC. The average molecular weight is 230 g/mol. The molecular weight excluding hydrogens is 208 g/mol. The molecule has 94 valence electrons. The molecular formula is C10H22N4O2. The van der Waals surface area contributed by atoms with Gasteiger partial charge in [-0.15, -0.1) is 5.12 Å². The summed E-state index contributed by atoms with van der Waals surface area (Å²) < 4.78 is 0. The molecule has 0 atom stereocenters. The fraction of sp³-hybridized carbons (Fsp3) is 0.800. The van der Waals surface area contributed by atoms with E-state index < -0.39 is 0 Å². The fourth-order valence-electron chi connectivity index (χ4n) is 0.899. The minimum atomic E-state index is -0.116. The van der Waals surface area contributed by atoms with Crippen LogP contribution in [0.1, 0.15) is 26.7 Å². The number of carbonyl (C=O) groups is 2. The first-order valence-electron chi connectivity index (χ1n) is 5.50. The van der Waals surface area contributed by atoms with Gasteiger partial charge >= 0.3 is 0 Å². The maximum atomic E-state index is 11.2. The molecule has 0 rings (SSSR count). The van der Waals surface area contributed by atoms with E-state index in [0.29, 0.717) is 19.4 Å². The number of nitrogens with zero attached hydrogens (tertiary/aromatic N) is 2. The van der Waals surface area contributed by atoms with Gasteiger partial charge in [-0.1, -0.05) is 13.8 Å². The molecule has 0 spiro atoms. The predicted molar refractivity (Wildman–Crippen MR) is 62.1 cm³/mol. The summed E-state index contributed by atoms with van der Waals surface area (Å²) >= 11 is 0. The van der Waals surface area contributed by atoms with Crippen molar-refractivity contribution in [3.63, 3.8) is 0 Å². The van der Waals surface area contributed by atoms with Gasteiger partial charge in [0, 0.05) is 19.4 Å². The lowest BCUT2D eigenvalue weighted by Gasteiger charge is -2.24. The van der Waals surface area contributed by atoms with Crippen molar-refractivity contribution in [3.05, 3.63) is 0 Å². The second kappa shape index (κ2) is 8.06. The van der Waals surface area contributed by atoms with Crippen molar-refractivity contribution in [2.75, 3.05) is 27.2 Å². The monoisotopic (exact) mass is 230 g/mol. The second-order valence-electron chi connectivity index (χ2n) is 3.73. The highest BCUT2D eigenvalue weighted by Crippen LogP contribution is 1.85. The van der Waals surface area contributed by atoms with Crippen molar-refractivity contribution in [2.45, 2.75) is 26.7 Å². The Morgan fingerprint density at radius 3 is 1.69 bits per heavy atom. The zero-order chi connectivity index (χ0) is 12.6. The molecule has 2 N–H and O–H groups in total. The molecule has 0 radical (unpaired) electrons. The Morgan fingerprint density at radius 2 is 1.38 bits per heavy atom. The lowest BCUT2D eigenvalue weighted by atomic mass is 10.5. The fourth-order valence-corrected chi connectivity index (χ4v) is 0.899. The number of hydrogen-bond acceptors (Lipinski definition) is 4. The van der Waals surface area contributed by atoms with Crippen molar-refractivity contribution in [3.8, 4) is 0 Å². The third-order valence-electron chi connectivity index (χ3n) is 1.93. The van der Waals surface area contributed by atoms with E-state index in [2.05, 4.69) is 10.9 Å². The maximum Gasteiger partial charge on any atom is 0.235 e. The Labute approximate surface area is 96.9 Å². The topological polar surface area (TPSA) is 64.7 Å². The summed E-state index contributed by atoms with van der Waals surface area (Å²) in [6.07, 6.45) is 0.779. The number of nitrogens with one attached hydrogen (secondary N) is 2. The highest BCUT2D eigenvalue weighted by Gasteiger charge is 2.10. The minimum absolute atomic E-state index is 0.116. The van der Waals surface area contributed by atoms with Crippen LogP contribution in [0.5, 0.6) is 0 Å². The summed E-state index contributed by atoms with van der Waals surface area (Å²) in [6, 6.07) is 0. The molecule has 0 aliphatic rings. The van der Waals surface area contributed by atoms with Crippen LogP contribution >= 0.6 is 0 Å². The third-order valence-corrected chi connectivity index (χ3v) is 1.93. The van der Waals surface area contributed by atoms with Crippen molar-refractivity contribution in [2.24, 2.45) is 0 Å². The summed E-state index contributed by atoms with van der Waals surface area (Å²) in [6.45, 7) is 4.82. The number of carbonyl (C=O) groups excluding carboxylic acids is 2. The van der Waals surface area contributed by atoms with Crippen LogP contribution in [-0.2, 0) is 9.59 Å². The number of hydrogen-bond donors (Lipinski definition) is 2. The largest absolute Gasteiger partial charge is 0.308 e. The molecule has 6 nitrogen and oxygen atoms in total. The second-order valence-corrected chi connectivity index (χ2v) is 3.73. The Bertz CT molecular complexity index is 213. The zero-order valence-corrected chi connectivity index (χ0v) is 10.5. The quantitative estimate of drug-likeness (QED) is 0.591. The first-order valence-corrected chi connectivity index (χ1v) is 5.50. The summed E-state index contributed by atoms with van der Waals surface area (Å²) in [5.74, 6) is -0.231. The molecule has 0 aromatic carbocycles. The molecule has 0 unspecified atom stereocenters. The van der Waals surface area contributed by atoms with Crippen LogP contribution in [0, 0.1) is 0 Å². The first-order chi connectivity index (χ1) is 7.49. The van der Waals surface area contributed by atoms with Crippen LogP contribution in [0.2, 0.25) is 0 Å². The summed E-state index contributed by atoms with van der Waals surface area (Å²) in [5, 5.41) is 1.44. The van der Waals surface area contributed by atoms with Gasteiger partial charge in [-0.25, -0.2) is 0 Å². The molecule has 0 aromatic rings. The molecule has 2 amide bonds. The first kappa shape index (κ1) is 14.9. The molecule has 6 heteroatoms. The van der Waals surface area contributed by atoms with Crippen LogP contribution in [-0.4, -0.2) is 49.0 Å². The van der Waals surface area contributed by atoms with Crippen molar-refractivity contribution >= 4 is 11.8 Å². The molecule has 0 fully saturated rings. The van der Waals surface area contributed by atoms with E-state index in [1.165, 1.54) is 5.12 Å². The molecule has 0 aliphatic carbocycles. The van der Waals surface area contributed by atoms with Gasteiger partial charge < -0.3 is 4.90 Å². The van der Waals surface area contributed by atoms with E-state index in [4.69, 9.17) is 0 Å². The van der Waals surface area contributed by atoms with Gasteiger partial charge in [0.15, 0.2) is 0 Å². The van der Waals surface area contributed by atoms with Crippen LogP contribution in [0.3, 0.4) is 0 Å². The van der Waals surface area contributed by atoms with Gasteiger partial charge in [0.25, 0.3) is 0 Å². The molecule has 16 heavy (non-hydrogen) atoms. The van der Waals surface area contributed by atoms with Gasteiger partial charge in [0.1, 0.15) is 0 Å².